The first-order valence-electron chi connectivity index (χ1n) is 6.09. The summed E-state index contributed by atoms with van der Waals surface area (Å²) < 4.78 is 13.8. The van der Waals surface area contributed by atoms with Crippen LogP contribution in [0.3, 0.4) is 0 Å². The maximum Gasteiger partial charge on any atom is 0.262 e. The maximum absolute atomic E-state index is 13.8. The number of hydrogen-bond donors (Lipinski definition) is 2. The van der Waals surface area contributed by atoms with E-state index >= 15 is 0 Å². The molecule has 5 nitrogen and oxygen atoms in total. The van der Waals surface area contributed by atoms with Crippen LogP contribution in [0.15, 0.2) is 34.1 Å². The van der Waals surface area contributed by atoms with Gasteiger partial charge in [0.2, 0.25) is 0 Å². The van der Waals surface area contributed by atoms with E-state index in [0.717, 1.165) is 0 Å². The summed E-state index contributed by atoms with van der Waals surface area (Å²) in [4.78, 5) is 23.0. The van der Waals surface area contributed by atoms with Crippen molar-refractivity contribution in [3.8, 4) is 11.4 Å². The Morgan fingerprint density at radius 1 is 1.40 bits per heavy atom. The lowest BCUT2D eigenvalue weighted by Crippen LogP contribution is -2.21. The first kappa shape index (κ1) is 13.9. The molecular weight excluding hydrogens is 259 g/mol. The Balaban J connectivity index is 2.69. The molecule has 0 amide bonds. The topological polar surface area (TPSA) is 70.1 Å². The van der Waals surface area contributed by atoms with Crippen molar-refractivity contribution in [3.63, 3.8) is 0 Å². The van der Waals surface area contributed by atoms with Gasteiger partial charge in [-0.3, -0.25) is 9.79 Å². The SMILES string of the molecule is CN=C(C)c1c(NC)nc(-c2ccccc2F)[nH]c1=O. The van der Waals surface area contributed by atoms with Gasteiger partial charge < -0.3 is 10.3 Å². The smallest absolute Gasteiger partial charge is 0.262 e. The van der Waals surface area contributed by atoms with Crippen LogP contribution in [-0.4, -0.2) is 29.8 Å². The zero-order chi connectivity index (χ0) is 14.7. The predicted molar refractivity (Wildman–Crippen MR) is 77.9 cm³/mol. The number of nitrogens with zero attached hydrogens (tertiary/aromatic N) is 2. The van der Waals surface area contributed by atoms with Crippen LogP contribution in [0.25, 0.3) is 11.4 Å². The molecular formula is C14H15FN4O. The fourth-order valence-electron chi connectivity index (χ4n) is 1.88. The molecule has 0 aliphatic rings. The Kier molecular flexibility index (Phi) is 3.93. The van der Waals surface area contributed by atoms with Gasteiger partial charge in [0, 0.05) is 19.8 Å². The van der Waals surface area contributed by atoms with Gasteiger partial charge in [0.05, 0.1) is 5.56 Å². The van der Waals surface area contributed by atoms with E-state index in [1.54, 1.807) is 39.2 Å². The van der Waals surface area contributed by atoms with E-state index in [9.17, 15) is 9.18 Å². The van der Waals surface area contributed by atoms with Crippen molar-refractivity contribution < 1.29 is 4.39 Å². The molecule has 2 rings (SSSR count). The summed E-state index contributed by atoms with van der Waals surface area (Å²) in [5, 5.41) is 2.85. The summed E-state index contributed by atoms with van der Waals surface area (Å²) in [6, 6.07) is 6.15. The number of aromatic nitrogens is 2. The number of nitrogens with one attached hydrogen (secondary N) is 2. The lowest BCUT2D eigenvalue weighted by atomic mass is 10.1. The summed E-state index contributed by atoms with van der Waals surface area (Å²) in [5.74, 6) is 0.117. The van der Waals surface area contributed by atoms with Crippen molar-refractivity contribution in [3.05, 3.63) is 46.0 Å². The Labute approximate surface area is 115 Å². The largest absolute Gasteiger partial charge is 0.372 e. The number of benzene rings is 1. The van der Waals surface area contributed by atoms with E-state index in [-0.39, 0.29) is 16.9 Å². The molecule has 104 valence electrons. The second kappa shape index (κ2) is 5.64. The van der Waals surface area contributed by atoms with Crippen molar-refractivity contribution >= 4 is 11.5 Å². The highest BCUT2D eigenvalue weighted by Gasteiger charge is 2.15. The summed E-state index contributed by atoms with van der Waals surface area (Å²) in [5.41, 5.74) is 0.808. The Morgan fingerprint density at radius 2 is 2.10 bits per heavy atom. The molecule has 6 heteroatoms. The van der Waals surface area contributed by atoms with E-state index < -0.39 is 5.82 Å². The van der Waals surface area contributed by atoms with Crippen molar-refractivity contribution in [2.24, 2.45) is 4.99 Å². The van der Waals surface area contributed by atoms with E-state index in [1.165, 1.54) is 6.07 Å². The summed E-state index contributed by atoms with van der Waals surface area (Å²) in [6.45, 7) is 1.72. The minimum atomic E-state index is -0.439. The molecule has 1 aromatic heterocycles. The normalized spacial score (nSPS) is 11.5. The number of rotatable bonds is 3. The molecule has 1 aromatic carbocycles. The third-order valence-corrected chi connectivity index (χ3v) is 2.98. The fraction of sp³-hybridized carbons (Fsp3) is 0.214. The zero-order valence-corrected chi connectivity index (χ0v) is 11.5. The van der Waals surface area contributed by atoms with E-state index in [1.807, 2.05) is 0 Å². The zero-order valence-electron chi connectivity index (χ0n) is 11.5. The summed E-state index contributed by atoms with van der Waals surface area (Å²) in [6.07, 6.45) is 0. The van der Waals surface area contributed by atoms with Crippen LogP contribution in [0, 0.1) is 5.82 Å². The summed E-state index contributed by atoms with van der Waals surface area (Å²) >= 11 is 0. The molecule has 0 aliphatic carbocycles. The molecule has 0 aliphatic heterocycles. The summed E-state index contributed by atoms with van der Waals surface area (Å²) in [7, 11) is 3.25. The van der Waals surface area contributed by atoms with Crippen molar-refractivity contribution in [1.29, 1.82) is 0 Å². The van der Waals surface area contributed by atoms with E-state index in [4.69, 9.17) is 0 Å². The Bertz CT molecular complexity index is 721. The maximum atomic E-state index is 13.8. The van der Waals surface area contributed by atoms with Gasteiger partial charge in [0.25, 0.3) is 5.56 Å². The fourth-order valence-corrected chi connectivity index (χ4v) is 1.88. The number of aliphatic imine (C=N–C) groups is 1. The number of aromatic amines is 1. The molecule has 0 radical (unpaired) electrons. The van der Waals surface area contributed by atoms with Gasteiger partial charge in [-0.15, -0.1) is 0 Å². The van der Waals surface area contributed by atoms with Gasteiger partial charge in [0.1, 0.15) is 23.0 Å². The molecule has 0 bridgehead atoms. The average Bonchev–Trinajstić information content (AvgIpc) is 2.46. The van der Waals surface area contributed by atoms with E-state index in [2.05, 4.69) is 20.3 Å². The molecule has 0 saturated carbocycles. The Hall–Kier alpha value is -2.50. The van der Waals surface area contributed by atoms with Crippen molar-refractivity contribution in [1.82, 2.24) is 9.97 Å². The minimum Gasteiger partial charge on any atom is -0.372 e. The van der Waals surface area contributed by atoms with Crippen LogP contribution in [0.2, 0.25) is 0 Å². The quantitative estimate of drug-likeness (QED) is 0.842. The van der Waals surface area contributed by atoms with Gasteiger partial charge in [-0.1, -0.05) is 12.1 Å². The highest BCUT2D eigenvalue weighted by molar-refractivity contribution is 6.02. The van der Waals surface area contributed by atoms with Crippen LogP contribution in [0.5, 0.6) is 0 Å². The van der Waals surface area contributed by atoms with Crippen LogP contribution < -0.4 is 10.9 Å². The van der Waals surface area contributed by atoms with Gasteiger partial charge >= 0.3 is 0 Å². The highest BCUT2D eigenvalue weighted by Crippen LogP contribution is 2.20. The molecule has 2 aromatic rings. The number of halogens is 1. The molecule has 20 heavy (non-hydrogen) atoms. The second-order valence-corrected chi connectivity index (χ2v) is 4.18. The van der Waals surface area contributed by atoms with Gasteiger partial charge in [0.15, 0.2) is 0 Å². The number of hydrogen-bond acceptors (Lipinski definition) is 4. The predicted octanol–water partition coefficient (Wildman–Crippen LogP) is 2.06. The minimum absolute atomic E-state index is 0.185. The third kappa shape index (κ3) is 2.45. The van der Waals surface area contributed by atoms with Crippen molar-refractivity contribution in [2.75, 3.05) is 19.4 Å². The molecule has 0 unspecified atom stereocenters. The molecule has 0 atom stereocenters. The van der Waals surface area contributed by atoms with Crippen LogP contribution >= 0.6 is 0 Å². The number of anilines is 1. The average molecular weight is 274 g/mol. The monoisotopic (exact) mass is 274 g/mol. The third-order valence-electron chi connectivity index (χ3n) is 2.98. The first-order valence-corrected chi connectivity index (χ1v) is 6.09. The van der Waals surface area contributed by atoms with Crippen molar-refractivity contribution in [2.45, 2.75) is 6.92 Å². The second-order valence-electron chi connectivity index (χ2n) is 4.18. The molecule has 1 heterocycles. The molecule has 0 spiro atoms. The van der Waals surface area contributed by atoms with E-state index in [0.29, 0.717) is 17.1 Å². The first-order chi connectivity index (χ1) is 9.58. The number of H-pyrrole nitrogens is 1. The van der Waals surface area contributed by atoms with Gasteiger partial charge in [-0.2, -0.15) is 0 Å². The molecule has 2 N–H and O–H groups in total. The van der Waals surface area contributed by atoms with Crippen LogP contribution in [-0.2, 0) is 0 Å². The van der Waals surface area contributed by atoms with Gasteiger partial charge in [-0.25, -0.2) is 9.37 Å². The standard InChI is InChI=1S/C14H15FN4O/c1-8(16-2)11-13(17-3)18-12(19-14(11)20)9-6-4-5-7-10(9)15/h4-7H,1-3H3,(H2,17,18,19,20). The van der Waals surface area contributed by atoms with Crippen LogP contribution in [0.4, 0.5) is 10.2 Å². The molecule has 0 fully saturated rings. The van der Waals surface area contributed by atoms with Crippen LogP contribution in [0.1, 0.15) is 12.5 Å². The highest BCUT2D eigenvalue weighted by atomic mass is 19.1. The van der Waals surface area contributed by atoms with Gasteiger partial charge in [-0.05, 0) is 19.1 Å². The Morgan fingerprint density at radius 3 is 2.70 bits per heavy atom. The lowest BCUT2D eigenvalue weighted by molar-refractivity contribution is 0.630. The molecule has 0 saturated heterocycles. The lowest BCUT2D eigenvalue weighted by Gasteiger charge is -2.09.